The fourth-order valence-corrected chi connectivity index (χ4v) is 6.19. The number of carbonyl (C=O) groups is 1. The molecule has 0 saturated heterocycles. The standard InChI is InChI=1S/C31H34N2O2S/c1-20(22(3)34)13-14-29-30(23(4)35)27-15-16-32-28(31(27)36-29)19-33-21(2)26-12-8-11-25(18-26)17-24-9-6-5-7-10-24/h5-12,18,28,32-34H,1-3,13-17,19H2,4H3/t28-/m0/s1. The summed E-state index contributed by atoms with van der Waals surface area (Å²) in [5, 5.41) is 16.7. The van der Waals surface area contributed by atoms with E-state index in [0.717, 1.165) is 46.7 Å². The molecular formula is C31H34N2O2S. The molecule has 1 aliphatic rings. The van der Waals surface area contributed by atoms with E-state index >= 15 is 0 Å². The van der Waals surface area contributed by atoms with Crippen molar-refractivity contribution in [1.82, 2.24) is 10.6 Å². The van der Waals surface area contributed by atoms with Crippen molar-refractivity contribution in [2.45, 2.75) is 38.6 Å². The number of hydrogen-bond donors (Lipinski definition) is 3. The molecule has 3 aromatic rings. The van der Waals surface area contributed by atoms with Crippen LogP contribution in [0.25, 0.3) is 5.70 Å². The smallest absolute Gasteiger partial charge is 0.161 e. The van der Waals surface area contributed by atoms with Crippen molar-refractivity contribution in [2.75, 3.05) is 13.1 Å². The van der Waals surface area contributed by atoms with Crippen LogP contribution in [0, 0.1) is 0 Å². The van der Waals surface area contributed by atoms with Crippen LogP contribution in [-0.4, -0.2) is 24.0 Å². The van der Waals surface area contributed by atoms with Gasteiger partial charge in [0.15, 0.2) is 5.78 Å². The van der Waals surface area contributed by atoms with E-state index in [1.54, 1.807) is 18.3 Å². The maximum atomic E-state index is 12.6. The second-order valence-electron chi connectivity index (χ2n) is 9.33. The predicted octanol–water partition coefficient (Wildman–Crippen LogP) is 6.55. The molecule has 186 valence electrons. The van der Waals surface area contributed by atoms with E-state index in [9.17, 15) is 9.90 Å². The van der Waals surface area contributed by atoms with Crippen LogP contribution in [0.15, 0.2) is 85.7 Å². The Bertz CT molecular complexity index is 1290. The number of ketones is 1. The lowest BCUT2D eigenvalue weighted by Gasteiger charge is -2.25. The van der Waals surface area contributed by atoms with Gasteiger partial charge in [-0.3, -0.25) is 4.79 Å². The van der Waals surface area contributed by atoms with Crippen molar-refractivity contribution >= 4 is 22.8 Å². The molecule has 36 heavy (non-hydrogen) atoms. The van der Waals surface area contributed by atoms with E-state index in [2.05, 4.69) is 78.9 Å². The minimum atomic E-state index is 0.00999. The van der Waals surface area contributed by atoms with Gasteiger partial charge in [0.25, 0.3) is 0 Å². The van der Waals surface area contributed by atoms with Gasteiger partial charge in [0.05, 0.1) is 6.04 Å². The Kier molecular flexibility index (Phi) is 8.24. The first-order valence-electron chi connectivity index (χ1n) is 12.3. The zero-order valence-corrected chi connectivity index (χ0v) is 21.7. The van der Waals surface area contributed by atoms with E-state index in [-0.39, 0.29) is 17.6 Å². The second kappa shape index (κ2) is 11.5. The molecule has 0 aliphatic carbocycles. The second-order valence-corrected chi connectivity index (χ2v) is 10.5. The van der Waals surface area contributed by atoms with Crippen molar-refractivity contribution in [1.29, 1.82) is 0 Å². The van der Waals surface area contributed by atoms with Gasteiger partial charge in [0.2, 0.25) is 0 Å². The molecule has 0 radical (unpaired) electrons. The minimum absolute atomic E-state index is 0.00999. The van der Waals surface area contributed by atoms with Gasteiger partial charge in [-0.25, -0.2) is 0 Å². The molecule has 0 amide bonds. The topological polar surface area (TPSA) is 61.4 Å². The largest absolute Gasteiger partial charge is 0.508 e. The normalized spacial score (nSPS) is 14.6. The van der Waals surface area contributed by atoms with Crippen molar-refractivity contribution in [3.05, 3.63) is 123 Å². The van der Waals surface area contributed by atoms with Crippen LogP contribution in [-0.2, 0) is 19.3 Å². The van der Waals surface area contributed by atoms with Gasteiger partial charge in [-0.1, -0.05) is 68.3 Å². The number of fused-ring (bicyclic) bond motifs is 1. The number of aliphatic hydroxyl groups is 1. The average Bonchev–Trinajstić information content (AvgIpc) is 3.26. The van der Waals surface area contributed by atoms with Crippen LogP contribution in [0.4, 0.5) is 0 Å². The maximum absolute atomic E-state index is 12.6. The molecular weight excluding hydrogens is 464 g/mol. The number of benzene rings is 2. The third-order valence-electron chi connectivity index (χ3n) is 6.65. The number of allylic oxidation sites excluding steroid dienone is 1. The van der Waals surface area contributed by atoms with Crippen LogP contribution in [0.2, 0.25) is 0 Å². The lowest BCUT2D eigenvalue weighted by Crippen LogP contribution is -2.35. The third kappa shape index (κ3) is 6.04. The number of aliphatic hydroxyl groups excluding tert-OH is 1. The summed E-state index contributed by atoms with van der Waals surface area (Å²) in [5.74, 6) is 0.111. The van der Waals surface area contributed by atoms with E-state index in [4.69, 9.17) is 0 Å². The summed E-state index contributed by atoms with van der Waals surface area (Å²) in [5.41, 5.74) is 7.13. The number of Topliss-reactive ketones (excluding diaryl/α,β-unsaturated/α-hetero) is 1. The zero-order chi connectivity index (χ0) is 25.7. The number of carbonyl (C=O) groups excluding carboxylic acids is 1. The average molecular weight is 499 g/mol. The van der Waals surface area contributed by atoms with Crippen LogP contribution < -0.4 is 10.6 Å². The Morgan fingerprint density at radius 1 is 1.11 bits per heavy atom. The summed E-state index contributed by atoms with van der Waals surface area (Å²) in [6.45, 7) is 14.9. The fourth-order valence-electron chi connectivity index (χ4n) is 4.72. The molecule has 0 spiro atoms. The quantitative estimate of drug-likeness (QED) is 0.159. The first kappa shape index (κ1) is 25.7. The van der Waals surface area contributed by atoms with E-state index < -0.39 is 0 Å². The van der Waals surface area contributed by atoms with Crippen LogP contribution in [0.5, 0.6) is 0 Å². The molecule has 1 atom stereocenters. The molecule has 4 nitrogen and oxygen atoms in total. The number of hydrogen-bond acceptors (Lipinski definition) is 5. The van der Waals surface area contributed by atoms with E-state index in [0.29, 0.717) is 25.0 Å². The Morgan fingerprint density at radius 3 is 2.58 bits per heavy atom. The lowest BCUT2D eigenvalue weighted by atomic mass is 9.94. The van der Waals surface area contributed by atoms with Gasteiger partial charge in [-0.15, -0.1) is 11.3 Å². The molecule has 1 aromatic heterocycles. The lowest BCUT2D eigenvalue weighted by molar-refractivity contribution is 0.101. The predicted molar refractivity (Wildman–Crippen MR) is 151 cm³/mol. The minimum Gasteiger partial charge on any atom is -0.508 e. The molecule has 0 saturated carbocycles. The molecule has 2 heterocycles. The molecule has 1 aliphatic heterocycles. The monoisotopic (exact) mass is 498 g/mol. The molecule has 3 N–H and O–H groups in total. The van der Waals surface area contributed by atoms with Gasteiger partial charge in [0, 0.05) is 27.6 Å². The third-order valence-corrected chi connectivity index (χ3v) is 8.06. The zero-order valence-electron chi connectivity index (χ0n) is 20.9. The van der Waals surface area contributed by atoms with Crippen LogP contribution >= 0.6 is 11.3 Å². The van der Waals surface area contributed by atoms with Gasteiger partial charge in [0.1, 0.15) is 5.76 Å². The summed E-state index contributed by atoms with van der Waals surface area (Å²) in [6.07, 6.45) is 2.98. The summed E-state index contributed by atoms with van der Waals surface area (Å²) in [7, 11) is 0. The summed E-state index contributed by atoms with van der Waals surface area (Å²) in [4.78, 5) is 14.8. The van der Waals surface area contributed by atoms with Crippen LogP contribution in [0.3, 0.4) is 0 Å². The van der Waals surface area contributed by atoms with E-state index in [1.807, 2.05) is 6.07 Å². The fraction of sp³-hybridized carbons (Fsp3) is 0.258. The van der Waals surface area contributed by atoms with Crippen LogP contribution in [0.1, 0.15) is 61.8 Å². The number of nitrogens with one attached hydrogen (secondary N) is 2. The Hall–Kier alpha value is -3.41. The number of rotatable bonds is 11. The van der Waals surface area contributed by atoms with Gasteiger partial charge >= 0.3 is 0 Å². The Balaban J connectivity index is 1.46. The Morgan fingerprint density at radius 2 is 1.86 bits per heavy atom. The Labute approximate surface area is 218 Å². The molecule has 0 unspecified atom stereocenters. The van der Waals surface area contributed by atoms with Crippen molar-refractivity contribution in [2.24, 2.45) is 0 Å². The summed E-state index contributed by atoms with van der Waals surface area (Å²) >= 11 is 1.70. The number of aryl methyl sites for hydroxylation is 1. The molecule has 2 aromatic carbocycles. The molecule has 5 heteroatoms. The first-order valence-corrected chi connectivity index (χ1v) is 13.2. The molecule has 0 bridgehead atoms. The highest BCUT2D eigenvalue weighted by Gasteiger charge is 2.28. The highest BCUT2D eigenvalue weighted by atomic mass is 32.1. The van der Waals surface area contributed by atoms with Gasteiger partial charge in [-0.05, 0) is 73.0 Å². The number of thiophene rings is 1. The van der Waals surface area contributed by atoms with Crippen molar-refractivity contribution < 1.29 is 9.90 Å². The molecule has 4 rings (SSSR count). The SMILES string of the molecule is C=C(O)C(=C)CCc1sc2c(c1C(C)=O)CCN[C@H]2CNC(=C)c1cccc(Cc2ccccc2)c1. The highest BCUT2D eigenvalue weighted by Crippen LogP contribution is 2.37. The first-order chi connectivity index (χ1) is 17.3. The van der Waals surface area contributed by atoms with Crippen molar-refractivity contribution in [3.8, 4) is 0 Å². The van der Waals surface area contributed by atoms with Crippen molar-refractivity contribution in [3.63, 3.8) is 0 Å². The highest BCUT2D eigenvalue weighted by molar-refractivity contribution is 7.12. The van der Waals surface area contributed by atoms with Gasteiger partial charge < -0.3 is 15.7 Å². The molecule has 0 fully saturated rings. The van der Waals surface area contributed by atoms with E-state index in [1.165, 1.54) is 16.0 Å². The summed E-state index contributed by atoms with van der Waals surface area (Å²) < 4.78 is 0. The maximum Gasteiger partial charge on any atom is 0.161 e. The van der Waals surface area contributed by atoms with Gasteiger partial charge in [-0.2, -0.15) is 0 Å². The summed E-state index contributed by atoms with van der Waals surface area (Å²) in [6, 6.07) is 19.1.